The van der Waals surface area contributed by atoms with Crippen LogP contribution in [0.3, 0.4) is 0 Å². The number of nitrogen functional groups attached to an aromatic ring is 1. The summed E-state index contributed by atoms with van der Waals surface area (Å²) < 4.78 is 42.0. The Labute approximate surface area is 157 Å². The normalized spacial score (nSPS) is 14.8. The summed E-state index contributed by atoms with van der Waals surface area (Å²) in [6.45, 7) is -0.0932. The Hall–Kier alpha value is -3.31. The molecule has 1 saturated heterocycles. The maximum Gasteiger partial charge on any atom is 0.493 e. The van der Waals surface area contributed by atoms with Crippen molar-refractivity contribution in [1.82, 2.24) is 9.96 Å². The van der Waals surface area contributed by atoms with Crippen LogP contribution in [0.1, 0.15) is 12.0 Å². The van der Waals surface area contributed by atoms with Crippen molar-refractivity contribution in [2.45, 2.75) is 12.6 Å². The number of alkyl halides is 3. The van der Waals surface area contributed by atoms with Crippen LogP contribution in [0.25, 0.3) is 0 Å². The van der Waals surface area contributed by atoms with E-state index in [1.165, 1.54) is 0 Å². The molecule has 1 aliphatic heterocycles. The molecule has 0 bridgehead atoms. The Morgan fingerprint density at radius 3 is 2.36 bits per heavy atom. The third kappa shape index (κ3) is 5.34. The van der Waals surface area contributed by atoms with Crippen LogP contribution in [0, 0.1) is 5.41 Å². The number of amidine groups is 1. The van der Waals surface area contributed by atoms with E-state index in [4.69, 9.17) is 15.9 Å². The number of nitrogens with two attached hydrogens (primary N) is 1. The average molecular weight is 402 g/mol. The summed E-state index contributed by atoms with van der Waals surface area (Å²) in [5.41, 5.74) is 5.88. The molecule has 0 saturated carbocycles. The molecule has 2 amide bonds. The fourth-order valence-corrected chi connectivity index (χ4v) is 2.28. The molecule has 9 nitrogen and oxygen atoms in total. The SMILES string of the molecule is N=C(N)c1ccc(OCCCN2CCN(OC(=O)C(F)(F)F)C(=O)C2=O)cc1. The summed E-state index contributed by atoms with van der Waals surface area (Å²) in [5, 5.41) is 7.40. The van der Waals surface area contributed by atoms with Crippen molar-refractivity contribution < 1.29 is 37.1 Å². The maximum absolute atomic E-state index is 12.2. The number of rotatable bonds is 7. The molecule has 3 N–H and O–H groups in total. The molecule has 1 aromatic rings. The van der Waals surface area contributed by atoms with Gasteiger partial charge >= 0.3 is 24.0 Å². The molecule has 1 aliphatic rings. The molecule has 2 rings (SSSR count). The molecule has 0 aliphatic carbocycles. The summed E-state index contributed by atoms with van der Waals surface area (Å²) in [5.74, 6) is -4.52. The predicted molar refractivity (Wildman–Crippen MR) is 88.0 cm³/mol. The quantitative estimate of drug-likeness (QED) is 0.295. The minimum absolute atomic E-state index is 0.0743. The van der Waals surface area contributed by atoms with Crippen LogP contribution in [-0.4, -0.2) is 66.0 Å². The lowest BCUT2D eigenvalue weighted by molar-refractivity contribution is -0.239. The Bertz CT molecular complexity index is 767. The van der Waals surface area contributed by atoms with E-state index in [0.29, 0.717) is 17.7 Å². The number of ether oxygens (including phenoxy) is 1. The molecule has 12 heteroatoms. The van der Waals surface area contributed by atoms with Crippen LogP contribution in [0.5, 0.6) is 5.75 Å². The number of hydrogen-bond donors (Lipinski definition) is 2. The van der Waals surface area contributed by atoms with Crippen molar-refractivity contribution in [3.63, 3.8) is 0 Å². The molecule has 28 heavy (non-hydrogen) atoms. The monoisotopic (exact) mass is 402 g/mol. The second-order valence-electron chi connectivity index (χ2n) is 5.72. The summed E-state index contributed by atoms with van der Waals surface area (Å²) in [6, 6.07) is 6.47. The second kappa shape index (κ2) is 8.59. The van der Waals surface area contributed by atoms with Crippen LogP contribution in [0.4, 0.5) is 13.2 Å². The Balaban J connectivity index is 1.77. The standard InChI is InChI=1S/C16H17F3N4O5/c17-16(18,19)15(26)28-23-8-7-22(13(24)14(23)25)6-1-9-27-11-4-2-10(3-5-11)12(20)21/h2-5H,1,6-9H2,(H3,20,21). The van der Waals surface area contributed by atoms with E-state index in [9.17, 15) is 27.6 Å². The first-order chi connectivity index (χ1) is 13.1. The lowest BCUT2D eigenvalue weighted by atomic mass is 10.2. The number of nitrogens with one attached hydrogen (secondary N) is 1. The molecule has 152 valence electrons. The van der Waals surface area contributed by atoms with Crippen LogP contribution >= 0.6 is 0 Å². The molecule has 0 unspecified atom stereocenters. The number of halogens is 3. The van der Waals surface area contributed by atoms with E-state index >= 15 is 0 Å². The number of hydroxylamine groups is 2. The molecule has 0 atom stereocenters. The molecule has 0 spiro atoms. The largest absolute Gasteiger partial charge is 0.494 e. The number of carbonyl (C=O) groups is 3. The summed E-state index contributed by atoms with van der Waals surface area (Å²) in [6.07, 6.45) is -4.91. The third-order valence-electron chi connectivity index (χ3n) is 3.70. The zero-order valence-electron chi connectivity index (χ0n) is 14.5. The molecular formula is C16H17F3N4O5. The number of piperazine rings is 1. The van der Waals surface area contributed by atoms with Crippen LogP contribution < -0.4 is 10.5 Å². The highest BCUT2D eigenvalue weighted by Gasteiger charge is 2.45. The lowest BCUT2D eigenvalue weighted by Crippen LogP contribution is -2.55. The van der Waals surface area contributed by atoms with Gasteiger partial charge in [0, 0.05) is 18.7 Å². The Morgan fingerprint density at radius 1 is 1.14 bits per heavy atom. The molecule has 1 fully saturated rings. The first-order valence-electron chi connectivity index (χ1n) is 8.06. The Kier molecular flexibility index (Phi) is 6.44. The summed E-state index contributed by atoms with van der Waals surface area (Å²) in [4.78, 5) is 39.5. The van der Waals surface area contributed by atoms with Gasteiger partial charge in [-0.2, -0.15) is 18.2 Å². The molecule has 1 aromatic carbocycles. The van der Waals surface area contributed by atoms with Crippen molar-refractivity contribution in [1.29, 1.82) is 5.41 Å². The van der Waals surface area contributed by atoms with Gasteiger partial charge < -0.3 is 20.2 Å². The molecule has 1 heterocycles. The number of hydrogen-bond acceptors (Lipinski definition) is 6. The van der Waals surface area contributed by atoms with Gasteiger partial charge in [-0.1, -0.05) is 0 Å². The minimum Gasteiger partial charge on any atom is -0.494 e. The Morgan fingerprint density at radius 2 is 1.79 bits per heavy atom. The van der Waals surface area contributed by atoms with Gasteiger partial charge in [-0.15, -0.1) is 0 Å². The van der Waals surface area contributed by atoms with E-state index in [2.05, 4.69) is 4.84 Å². The van der Waals surface area contributed by atoms with E-state index in [-0.39, 0.29) is 37.1 Å². The van der Waals surface area contributed by atoms with Gasteiger partial charge in [0.25, 0.3) is 0 Å². The lowest BCUT2D eigenvalue weighted by Gasteiger charge is -2.32. The minimum atomic E-state index is -5.26. The number of benzene rings is 1. The zero-order chi connectivity index (χ0) is 20.9. The predicted octanol–water partition coefficient (Wildman–Crippen LogP) is 0.431. The van der Waals surface area contributed by atoms with Crippen molar-refractivity contribution in [2.24, 2.45) is 5.73 Å². The second-order valence-corrected chi connectivity index (χ2v) is 5.72. The van der Waals surface area contributed by atoms with Gasteiger partial charge in [0.1, 0.15) is 11.6 Å². The van der Waals surface area contributed by atoms with E-state index in [1.807, 2.05) is 0 Å². The first-order valence-corrected chi connectivity index (χ1v) is 8.06. The van der Waals surface area contributed by atoms with Crippen molar-refractivity contribution >= 4 is 23.6 Å². The van der Waals surface area contributed by atoms with Gasteiger partial charge in [0.2, 0.25) is 0 Å². The van der Waals surface area contributed by atoms with Crippen LogP contribution in [0.2, 0.25) is 0 Å². The van der Waals surface area contributed by atoms with E-state index < -0.39 is 24.0 Å². The van der Waals surface area contributed by atoms with Gasteiger partial charge in [-0.25, -0.2) is 4.79 Å². The van der Waals surface area contributed by atoms with E-state index in [1.54, 1.807) is 24.3 Å². The first kappa shape index (κ1) is 21.0. The number of amides is 2. The highest BCUT2D eigenvalue weighted by atomic mass is 19.4. The smallest absolute Gasteiger partial charge is 0.493 e. The topological polar surface area (TPSA) is 126 Å². The molecule has 0 aromatic heterocycles. The highest BCUT2D eigenvalue weighted by Crippen LogP contribution is 2.18. The third-order valence-corrected chi connectivity index (χ3v) is 3.70. The zero-order valence-corrected chi connectivity index (χ0v) is 14.5. The fraction of sp³-hybridized carbons (Fsp3) is 0.375. The van der Waals surface area contributed by atoms with Crippen molar-refractivity contribution in [3.8, 4) is 5.75 Å². The molecule has 0 radical (unpaired) electrons. The van der Waals surface area contributed by atoms with Crippen molar-refractivity contribution in [2.75, 3.05) is 26.2 Å². The van der Waals surface area contributed by atoms with Gasteiger partial charge in [0.15, 0.2) is 0 Å². The van der Waals surface area contributed by atoms with Gasteiger partial charge in [-0.05, 0) is 30.7 Å². The maximum atomic E-state index is 12.2. The summed E-state index contributed by atoms with van der Waals surface area (Å²) >= 11 is 0. The van der Waals surface area contributed by atoms with E-state index in [0.717, 1.165) is 4.90 Å². The van der Waals surface area contributed by atoms with Gasteiger partial charge in [0.05, 0.1) is 13.2 Å². The highest BCUT2D eigenvalue weighted by molar-refractivity contribution is 6.35. The number of nitrogens with zero attached hydrogens (tertiary/aromatic N) is 2. The summed E-state index contributed by atoms with van der Waals surface area (Å²) in [7, 11) is 0. The number of carbonyl (C=O) groups excluding carboxylic acids is 3. The van der Waals surface area contributed by atoms with Crippen LogP contribution in [-0.2, 0) is 19.2 Å². The van der Waals surface area contributed by atoms with Crippen LogP contribution in [0.15, 0.2) is 24.3 Å². The van der Waals surface area contributed by atoms with Gasteiger partial charge in [-0.3, -0.25) is 15.0 Å². The fourth-order valence-electron chi connectivity index (χ4n) is 2.28. The van der Waals surface area contributed by atoms with Crippen molar-refractivity contribution in [3.05, 3.63) is 29.8 Å². The molecular weight excluding hydrogens is 385 g/mol. The average Bonchev–Trinajstić information content (AvgIpc) is 2.63.